The van der Waals surface area contributed by atoms with Gasteiger partial charge in [-0.3, -0.25) is 0 Å². The Balaban J connectivity index is 0.00000144. The minimum Gasteiger partial charge on any atom is -0.171 e. The lowest BCUT2D eigenvalue weighted by Gasteiger charge is -2.05. The highest BCUT2D eigenvalue weighted by molar-refractivity contribution is 5.21. The van der Waals surface area contributed by atoms with Crippen LogP contribution >= 0.6 is 0 Å². The van der Waals surface area contributed by atoms with Gasteiger partial charge in [0.15, 0.2) is 0 Å². The Morgan fingerprint density at radius 2 is 1.54 bits per heavy atom. The standard InChI is InChI=1S/C9H9F3.CH4/c1-7-2-4-8(5-3-7)6-9(10,11)12;/h2-5H,6H2,1H3;1H4. The van der Waals surface area contributed by atoms with E-state index in [0.29, 0.717) is 5.56 Å². The zero-order chi connectivity index (χ0) is 9.19. The largest absolute Gasteiger partial charge is 0.393 e. The topological polar surface area (TPSA) is 0 Å². The molecule has 3 heteroatoms. The highest BCUT2D eigenvalue weighted by atomic mass is 19.4. The van der Waals surface area contributed by atoms with Crippen LogP contribution in [0.15, 0.2) is 24.3 Å². The van der Waals surface area contributed by atoms with Crippen LogP contribution in [0.2, 0.25) is 0 Å². The minimum absolute atomic E-state index is 0. The lowest BCUT2D eigenvalue weighted by molar-refractivity contribution is -0.127. The van der Waals surface area contributed by atoms with Crippen LogP contribution in [-0.4, -0.2) is 6.18 Å². The van der Waals surface area contributed by atoms with E-state index in [4.69, 9.17) is 0 Å². The molecule has 74 valence electrons. The van der Waals surface area contributed by atoms with Crippen LogP contribution < -0.4 is 0 Å². The molecule has 0 N–H and O–H groups in total. The van der Waals surface area contributed by atoms with Crippen LogP contribution in [0.25, 0.3) is 0 Å². The molecule has 0 nitrogen and oxygen atoms in total. The van der Waals surface area contributed by atoms with Crippen molar-refractivity contribution in [3.8, 4) is 0 Å². The molecule has 0 saturated heterocycles. The summed E-state index contributed by atoms with van der Waals surface area (Å²) in [6.07, 6.45) is -4.94. The summed E-state index contributed by atoms with van der Waals surface area (Å²) in [6, 6.07) is 6.37. The van der Waals surface area contributed by atoms with Gasteiger partial charge >= 0.3 is 6.18 Å². The van der Waals surface area contributed by atoms with Crippen LogP contribution in [-0.2, 0) is 6.42 Å². The van der Waals surface area contributed by atoms with Gasteiger partial charge in [-0.2, -0.15) is 13.2 Å². The smallest absolute Gasteiger partial charge is 0.171 e. The second-order valence-electron chi connectivity index (χ2n) is 2.78. The first-order valence-electron chi connectivity index (χ1n) is 3.60. The predicted octanol–water partition coefficient (Wildman–Crippen LogP) is 3.74. The molecule has 13 heavy (non-hydrogen) atoms. The summed E-state index contributed by atoms with van der Waals surface area (Å²) >= 11 is 0. The fourth-order valence-corrected chi connectivity index (χ4v) is 0.937. The fourth-order valence-electron chi connectivity index (χ4n) is 0.937. The second-order valence-corrected chi connectivity index (χ2v) is 2.78. The van der Waals surface area contributed by atoms with E-state index in [1.54, 1.807) is 12.1 Å². The highest BCUT2D eigenvalue weighted by Crippen LogP contribution is 2.21. The maximum Gasteiger partial charge on any atom is 0.393 e. The summed E-state index contributed by atoms with van der Waals surface area (Å²) in [6.45, 7) is 1.84. The van der Waals surface area contributed by atoms with Crippen molar-refractivity contribution in [1.82, 2.24) is 0 Å². The molecule has 0 atom stereocenters. The summed E-state index contributed by atoms with van der Waals surface area (Å²) in [5.74, 6) is 0. The first kappa shape index (κ1) is 12.0. The van der Waals surface area contributed by atoms with E-state index < -0.39 is 12.6 Å². The van der Waals surface area contributed by atoms with E-state index in [-0.39, 0.29) is 7.43 Å². The molecule has 0 heterocycles. The molecule has 1 rings (SSSR count). The summed E-state index contributed by atoms with van der Waals surface area (Å²) < 4.78 is 35.5. The average molecular weight is 190 g/mol. The maximum absolute atomic E-state index is 11.8. The van der Waals surface area contributed by atoms with Crippen molar-refractivity contribution in [2.75, 3.05) is 0 Å². The Kier molecular flexibility index (Phi) is 3.98. The quantitative estimate of drug-likeness (QED) is 0.632. The SMILES string of the molecule is C.Cc1ccc(CC(F)(F)F)cc1. The number of alkyl halides is 3. The number of benzene rings is 1. The zero-order valence-electron chi connectivity index (χ0n) is 6.65. The first-order valence-corrected chi connectivity index (χ1v) is 3.60. The molecule has 0 aliphatic rings. The van der Waals surface area contributed by atoms with Gasteiger partial charge < -0.3 is 0 Å². The lowest BCUT2D eigenvalue weighted by atomic mass is 10.1. The summed E-state index contributed by atoms with van der Waals surface area (Å²) in [5.41, 5.74) is 1.29. The molecule has 0 fully saturated rings. The molecule has 0 unspecified atom stereocenters. The first-order chi connectivity index (χ1) is 5.47. The highest BCUT2D eigenvalue weighted by Gasteiger charge is 2.27. The van der Waals surface area contributed by atoms with Gasteiger partial charge in [0.05, 0.1) is 6.42 Å². The van der Waals surface area contributed by atoms with Gasteiger partial charge in [-0.05, 0) is 12.5 Å². The molecular formula is C10H13F3. The minimum atomic E-state index is -4.10. The van der Waals surface area contributed by atoms with E-state index >= 15 is 0 Å². The van der Waals surface area contributed by atoms with Crippen molar-refractivity contribution in [1.29, 1.82) is 0 Å². The number of aryl methyl sites for hydroxylation is 1. The van der Waals surface area contributed by atoms with Gasteiger partial charge in [0, 0.05) is 0 Å². The van der Waals surface area contributed by atoms with Crippen molar-refractivity contribution < 1.29 is 13.2 Å². The van der Waals surface area contributed by atoms with Crippen LogP contribution in [0.5, 0.6) is 0 Å². The summed E-state index contributed by atoms with van der Waals surface area (Å²) in [7, 11) is 0. The Labute approximate surface area is 76.4 Å². The Morgan fingerprint density at radius 3 is 1.92 bits per heavy atom. The Morgan fingerprint density at radius 1 is 1.08 bits per heavy atom. The molecular weight excluding hydrogens is 177 g/mol. The molecule has 0 aromatic heterocycles. The lowest BCUT2D eigenvalue weighted by Crippen LogP contribution is -2.11. The van der Waals surface area contributed by atoms with Crippen molar-refractivity contribution in [3.63, 3.8) is 0 Å². The van der Waals surface area contributed by atoms with Gasteiger partial charge in [-0.15, -0.1) is 0 Å². The molecule has 0 saturated carbocycles. The van der Waals surface area contributed by atoms with Crippen LogP contribution in [0.1, 0.15) is 18.6 Å². The maximum atomic E-state index is 11.8. The molecule has 0 spiro atoms. The molecule has 0 aliphatic heterocycles. The van der Waals surface area contributed by atoms with Gasteiger partial charge in [0.25, 0.3) is 0 Å². The molecule has 0 amide bonds. The third-order valence-electron chi connectivity index (χ3n) is 1.53. The Bertz CT molecular complexity index is 246. The van der Waals surface area contributed by atoms with E-state index in [2.05, 4.69) is 0 Å². The zero-order valence-corrected chi connectivity index (χ0v) is 6.65. The summed E-state index contributed by atoms with van der Waals surface area (Å²) in [5, 5.41) is 0. The molecule has 1 aromatic rings. The van der Waals surface area contributed by atoms with Crippen LogP contribution in [0.4, 0.5) is 13.2 Å². The number of halogens is 3. The van der Waals surface area contributed by atoms with Gasteiger partial charge in [-0.1, -0.05) is 37.3 Å². The second kappa shape index (κ2) is 4.30. The van der Waals surface area contributed by atoms with Crippen molar-refractivity contribution in [2.24, 2.45) is 0 Å². The number of hydrogen-bond acceptors (Lipinski definition) is 0. The van der Waals surface area contributed by atoms with Gasteiger partial charge in [0.1, 0.15) is 0 Å². The predicted molar refractivity (Wildman–Crippen MR) is 47.7 cm³/mol. The molecule has 1 aromatic carbocycles. The van der Waals surface area contributed by atoms with E-state index in [9.17, 15) is 13.2 Å². The average Bonchev–Trinajstić information content (AvgIpc) is 1.91. The van der Waals surface area contributed by atoms with Crippen LogP contribution in [0.3, 0.4) is 0 Å². The molecule has 0 bridgehead atoms. The molecule has 0 radical (unpaired) electrons. The monoisotopic (exact) mass is 190 g/mol. The van der Waals surface area contributed by atoms with Crippen molar-refractivity contribution in [2.45, 2.75) is 26.9 Å². The van der Waals surface area contributed by atoms with Crippen molar-refractivity contribution >= 4 is 0 Å². The third-order valence-corrected chi connectivity index (χ3v) is 1.53. The van der Waals surface area contributed by atoms with Gasteiger partial charge in [0.2, 0.25) is 0 Å². The normalized spacial score (nSPS) is 10.8. The van der Waals surface area contributed by atoms with E-state index in [1.807, 2.05) is 6.92 Å². The molecule has 0 aliphatic carbocycles. The van der Waals surface area contributed by atoms with Crippen molar-refractivity contribution in [3.05, 3.63) is 35.4 Å². The van der Waals surface area contributed by atoms with E-state index in [1.165, 1.54) is 12.1 Å². The number of hydrogen-bond donors (Lipinski definition) is 0. The van der Waals surface area contributed by atoms with Gasteiger partial charge in [-0.25, -0.2) is 0 Å². The summed E-state index contributed by atoms with van der Waals surface area (Å²) in [4.78, 5) is 0. The number of rotatable bonds is 1. The fraction of sp³-hybridized carbons (Fsp3) is 0.400. The third kappa shape index (κ3) is 4.55. The van der Waals surface area contributed by atoms with Crippen LogP contribution in [0, 0.1) is 6.92 Å². The van der Waals surface area contributed by atoms with E-state index in [0.717, 1.165) is 5.56 Å². The Hall–Kier alpha value is -0.990.